The van der Waals surface area contributed by atoms with E-state index in [0.29, 0.717) is 46.9 Å². The molecule has 596 valence electrons. The van der Waals surface area contributed by atoms with Crippen molar-refractivity contribution < 1.29 is 110 Å². The molecule has 3 aliphatic heterocycles. The van der Waals surface area contributed by atoms with Crippen molar-refractivity contribution in [1.82, 2.24) is 51.3 Å². The molecule has 112 heavy (non-hydrogen) atoms. The van der Waals surface area contributed by atoms with Crippen molar-refractivity contribution in [1.29, 1.82) is 0 Å². The molecule has 0 bridgehead atoms. The average molecular weight is 1550 g/mol. The Morgan fingerprint density at radius 2 is 0.875 bits per heavy atom. The number of ketones is 3. The van der Waals surface area contributed by atoms with Gasteiger partial charge in [-0.15, -0.1) is 0 Å². The molecule has 0 saturated carbocycles. The third-order valence-corrected chi connectivity index (χ3v) is 18.3. The number of hydrogen-bond acceptors (Lipinski definition) is 23. The molecule has 0 unspecified atom stereocenters. The van der Waals surface area contributed by atoms with E-state index in [1.54, 1.807) is 98.8 Å². The van der Waals surface area contributed by atoms with E-state index in [1.807, 2.05) is 56.3 Å². The molecule has 0 aliphatic carbocycles. The Morgan fingerprint density at radius 1 is 0.491 bits per heavy atom. The third-order valence-electron chi connectivity index (χ3n) is 18.3. The van der Waals surface area contributed by atoms with E-state index in [-0.39, 0.29) is 97.7 Å². The van der Waals surface area contributed by atoms with Gasteiger partial charge >= 0.3 is 11.9 Å². The Bertz CT molecular complexity index is 4530. The first-order valence-corrected chi connectivity index (χ1v) is 36.1. The number of nitrogens with zero attached hydrogens (tertiary/aromatic N) is 5. The van der Waals surface area contributed by atoms with E-state index >= 15 is 0 Å². The Balaban J connectivity index is 0.000000213. The second kappa shape index (κ2) is 39.8. The highest BCUT2D eigenvalue weighted by Crippen LogP contribution is 2.32. The van der Waals surface area contributed by atoms with Crippen molar-refractivity contribution in [3.05, 3.63) is 145 Å². The summed E-state index contributed by atoms with van der Waals surface area (Å²) in [4.78, 5) is 188. The van der Waals surface area contributed by atoms with Gasteiger partial charge in [0.05, 0.1) is 58.9 Å². The van der Waals surface area contributed by atoms with Crippen LogP contribution in [0.2, 0.25) is 0 Å². The van der Waals surface area contributed by atoms with E-state index in [2.05, 4.69) is 36.6 Å². The van der Waals surface area contributed by atoms with Crippen LogP contribution in [0.15, 0.2) is 136 Å². The maximum Gasteiger partial charge on any atom is 0.305 e. The number of carbonyl (C=O) groups is 14. The number of fused-ring (bicyclic) bond motifs is 2. The number of methoxy groups -OCH3 is 2. The lowest BCUT2D eigenvalue weighted by molar-refractivity contribution is -0.142. The molecular weight excluding hydrogens is 1460 g/mol. The van der Waals surface area contributed by atoms with Gasteiger partial charge in [-0.3, -0.25) is 62.3 Å². The highest BCUT2D eigenvalue weighted by atomic mass is 16.5. The molecule has 10 rings (SSSR count). The number of aromatic nitrogens is 2. The number of rotatable bonds is 32. The van der Waals surface area contributed by atoms with Gasteiger partial charge < -0.3 is 88.8 Å². The van der Waals surface area contributed by atoms with E-state index in [9.17, 15) is 77.3 Å². The zero-order valence-electron chi connectivity index (χ0n) is 63.5. The molecule has 33 nitrogen and oxygen atoms in total. The summed E-state index contributed by atoms with van der Waals surface area (Å²) in [6, 6.07) is 28.5. The van der Waals surface area contributed by atoms with Crippen LogP contribution in [0.1, 0.15) is 121 Å². The second-order valence-electron chi connectivity index (χ2n) is 27.6. The van der Waals surface area contributed by atoms with E-state index in [1.165, 1.54) is 56.6 Å². The van der Waals surface area contributed by atoms with E-state index in [4.69, 9.17) is 32.5 Å². The number of likely N-dealkylation sites (tertiary alicyclic amines) is 3. The summed E-state index contributed by atoms with van der Waals surface area (Å²) in [7, 11) is 2.86. The molecule has 33 heteroatoms. The van der Waals surface area contributed by atoms with Crippen LogP contribution >= 0.6 is 0 Å². The lowest BCUT2D eigenvalue weighted by Gasteiger charge is -2.30. The molecule has 5 aromatic carbocycles. The number of aldehydes is 1. The molecule has 0 spiro atoms. The van der Waals surface area contributed by atoms with Crippen molar-refractivity contribution >= 4 is 105 Å². The van der Waals surface area contributed by atoms with Gasteiger partial charge in [0.1, 0.15) is 89.1 Å². The van der Waals surface area contributed by atoms with Gasteiger partial charge in [0.25, 0.3) is 11.8 Å². The number of aliphatic carboxylic acids is 2. The van der Waals surface area contributed by atoms with Crippen molar-refractivity contribution in [3.63, 3.8) is 0 Å². The minimum atomic E-state index is -1.55. The summed E-state index contributed by atoms with van der Waals surface area (Å²) in [6.07, 6.45) is -2.04. The molecule has 3 saturated heterocycles. The topological polar surface area (TPSA) is 448 Å². The molecule has 5 heterocycles. The number of amides is 8. The summed E-state index contributed by atoms with van der Waals surface area (Å²) in [6.45, 7) is 13.1. The molecule has 8 amide bonds. The Kier molecular flexibility index (Phi) is 30.3. The number of ether oxygens (including phenoxy) is 5. The first-order chi connectivity index (χ1) is 53.4. The molecule has 7 N–H and O–H groups in total. The molecule has 0 radical (unpaired) electrons. The third kappa shape index (κ3) is 23.1. The molecule has 3 aliphatic rings. The summed E-state index contributed by atoms with van der Waals surface area (Å²) in [5, 5.41) is 31.8. The van der Waals surface area contributed by atoms with Gasteiger partial charge in [-0.25, -0.2) is 9.97 Å². The van der Waals surface area contributed by atoms with Crippen molar-refractivity contribution in [3.8, 4) is 23.0 Å². The predicted molar refractivity (Wildman–Crippen MR) is 399 cm³/mol. The standard InChI is InChI=1S/C30H34N4O9.C25H25N3O8.C24H33N3O6/c1-16(2)25(31-17(3)35)30(40)34-15-19(42-18-9-6-5-7-10-18)13-22(34)28(39)32-21(14-24(36)37)26(38)29-33-20-11-8-12-23(41-4)27(20)43-29;1-14(29)28-13-16(35-15-7-4-3-5-8-15)11-19(28)24(33)26-18(12-21(30)31)22(32)25-27-17-9-6-10-20(34-2)23(17)36-25;1-15(2)22(25-17(4)30)24(32)27-12-20(33-14-18-8-6-5-7-9-18)11-21(27)23(31)26-19(13-28)10-16(3)29/h5-12,16,19,21-22,25H,13-15H2,1-4H3,(H,31,35)(H,32,39)(H,36,37);3-10,16,18-19H,11-13H2,1-2H3,(H,26,33)(H,30,31);5-9,13,15,19-22H,10-12,14H2,1-4H3,(H,25,30)(H,26,31)/t19-,21+,22+,25+;16-,18+,19+;19-,20+,21-,22-/m110/s1. The normalized spacial score (nSPS) is 18.4. The van der Waals surface area contributed by atoms with Gasteiger partial charge in [-0.2, -0.15) is 0 Å². The zero-order chi connectivity index (χ0) is 81.6. The first kappa shape index (κ1) is 85.2. The van der Waals surface area contributed by atoms with Crippen molar-refractivity contribution in [2.24, 2.45) is 11.8 Å². The van der Waals surface area contributed by atoms with Crippen LogP contribution in [0.25, 0.3) is 22.2 Å². The minimum absolute atomic E-state index is 0.0249. The summed E-state index contributed by atoms with van der Waals surface area (Å²) >= 11 is 0. The maximum atomic E-state index is 13.7. The lowest BCUT2D eigenvalue weighted by Crippen LogP contribution is -2.56. The number of hydrogen-bond donors (Lipinski definition) is 7. The number of carboxylic acids is 2. The summed E-state index contributed by atoms with van der Waals surface area (Å²) < 4.78 is 39.5. The van der Waals surface area contributed by atoms with E-state index < -0.39 is 138 Å². The molecule has 7 aromatic rings. The fourth-order valence-electron chi connectivity index (χ4n) is 13.0. The number of carbonyl (C=O) groups excluding carboxylic acids is 12. The highest BCUT2D eigenvalue weighted by Gasteiger charge is 2.47. The number of carboxylic acid groups (broad SMARTS) is 2. The van der Waals surface area contributed by atoms with Crippen molar-refractivity contribution in [2.75, 3.05) is 33.9 Å². The Labute approximate surface area is 644 Å². The number of Topliss-reactive ketones (excluding diaryl/α,β-unsaturated/α-hetero) is 3. The first-order valence-electron chi connectivity index (χ1n) is 36.1. The number of para-hydroxylation sites is 4. The van der Waals surface area contributed by atoms with Crippen LogP contribution in [0.3, 0.4) is 0 Å². The SMILES string of the molecule is CC(=O)C[C@@H](C=O)NC(=O)[C@@H]1C[C@@H](OCc2ccccc2)CN1C(=O)[C@@H](NC(C)=O)C(C)C.COc1cccc2nc(C(=O)[C@H](CC(=O)O)NC(=O)[C@@H]3C[C@@H](Oc4ccccc4)CN3C(=O)[C@@H](NC(C)=O)C(C)C)oc12.COc1cccc2nc(C(=O)[C@H](CC(=O)O)NC(=O)[C@@H]3C[C@@H](Oc4ccccc4)CN3C(C)=O)oc12. The summed E-state index contributed by atoms with van der Waals surface area (Å²) in [5.41, 5.74) is 2.04. The Morgan fingerprint density at radius 3 is 1.25 bits per heavy atom. The fourth-order valence-corrected chi connectivity index (χ4v) is 13.0. The smallest absolute Gasteiger partial charge is 0.305 e. The second-order valence-corrected chi connectivity index (χ2v) is 27.6. The monoisotopic (exact) mass is 1550 g/mol. The highest BCUT2D eigenvalue weighted by molar-refractivity contribution is 6.04. The van der Waals surface area contributed by atoms with Gasteiger partial charge in [0, 0.05) is 53.0 Å². The van der Waals surface area contributed by atoms with Crippen LogP contribution in [-0.2, 0) is 68.9 Å². The largest absolute Gasteiger partial charge is 0.493 e. The average Bonchev–Trinajstić information content (AvgIpc) is 1.68. The van der Waals surface area contributed by atoms with Crippen LogP contribution in [-0.4, -0.2) is 218 Å². The van der Waals surface area contributed by atoms with Gasteiger partial charge in [0.15, 0.2) is 22.7 Å². The maximum absolute atomic E-state index is 13.7. The number of nitrogens with one attached hydrogen (secondary N) is 5. The molecular formula is C79H92N10O23. The summed E-state index contributed by atoms with van der Waals surface area (Å²) in [5.74, 6) is -7.96. The number of oxazole rings is 2. The molecule has 11 atom stereocenters. The number of benzene rings is 5. The minimum Gasteiger partial charge on any atom is -0.493 e. The van der Waals surface area contributed by atoms with Crippen LogP contribution in [0, 0.1) is 11.8 Å². The van der Waals surface area contributed by atoms with Gasteiger partial charge in [-0.1, -0.05) is 107 Å². The van der Waals surface area contributed by atoms with Gasteiger partial charge in [0.2, 0.25) is 58.8 Å². The van der Waals surface area contributed by atoms with Crippen molar-refractivity contribution in [2.45, 2.75) is 167 Å². The molecule has 2 aromatic heterocycles. The van der Waals surface area contributed by atoms with Crippen LogP contribution < -0.4 is 45.5 Å². The zero-order valence-corrected chi connectivity index (χ0v) is 63.5. The fraction of sp³-hybridized carbons (Fsp3) is 0.418. The quantitative estimate of drug-likeness (QED) is 0.0209. The van der Waals surface area contributed by atoms with E-state index in [0.717, 1.165) is 5.56 Å². The van der Waals surface area contributed by atoms with Gasteiger partial charge in [-0.05, 0) is 72.9 Å². The molecule has 3 fully saturated rings. The van der Waals surface area contributed by atoms with Crippen LogP contribution in [0.4, 0.5) is 0 Å². The lowest BCUT2D eigenvalue weighted by atomic mass is 10.0. The Hall–Kier alpha value is -12.4. The predicted octanol–water partition coefficient (Wildman–Crippen LogP) is 5.23. The van der Waals surface area contributed by atoms with Crippen LogP contribution in [0.5, 0.6) is 23.0 Å².